The van der Waals surface area contributed by atoms with Crippen LogP contribution in [0.15, 0.2) is 24.3 Å². The Kier molecular flexibility index (Phi) is 13.4. The van der Waals surface area contributed by atoms with Crippen molar-refractivity contribution in [1.82, 2.24) is 15.5 Å². The van der Waals surface area contributed by atoms with E-state index in [1.165, 1.54) is 4.90 Å². The van der Waals surface area contributed by atoms with Crippen molar-refractivity contribution < 1.29 is 24.2 Å². The molecule has 0 spiro atoms. The fourth-order valence-corrected chi connectivity index (χ4v) is 3.94. The molecule has 2 atom stereocenters. The Morgan fingerprint density at radius 2 is 1.58 bits per heavy atom. The Hall–Kier alpha value is -3.05. The highest BCUT2D eigenvalue weighted by Crippen LogP contribution is 2.25. The number of alkyl carbamates (subject to hydrolysis) is 1. The van der Waals surface area contributed by atoms with Crippen LogP contribution in [0.5, 0.6) is 0 Å². The standard InChI is InChI=1S/C30H47N3O5/c1-9-11-12-13-14-15-20-33(27(36)24(21-34)31-28(37)38-30(6,7)8)25(26(35)32-29(3,4)5)23-18-16-22(10-2)17-19-23/h2,16-19,24-25,34H,9,11-15,20-21H2,1,3-8H3,(H,31,37)(H,32,35). The van der Waals surface area contributed by atoms with E-state index < -0.39 is 41.8 Å². The highest BCUT2D eigenvalue weighted by molar-refractivity contribution is 5.92. The van der Waals surface area contributed by atoms with Crippen LogP contribution in [0.25, 0.3) is 0 Å². The summed E-state index contributed by atoms with van der Waals surface area (Å²) in [6.07, 6.45) is 10.6. The van der Waals surface area contributed by atoms with Gasteiger partial charge in [0.2, 0.25) is 11.8 Å². The first kappa shape index (κ1) is 33.0. The Balaban J connectivity index is 3.39. The van der Waals surface area contributed by atoms with Gasteiger partial charge in [0.25, 0.3) is 0 Å². The summed E-state index contributed by atoms with van der Waals surface area (Å²) in [5.41, 5.74) is -0.0933. The number of hydrogen-bond donors (Lipinski definition) is 3. The summed E-state index contributed by atoms with van der Waals surface area (Å²) in [5, 5.41) is 15.5. The third-order valence-electron chi connectivity index (χ3n) is 5.66. The summed E-state index contributed by atoms with van der Waals surface area (Å²) in [4.78, 5) is 41.4. The molecule has 8 heteroatoms. The molecule has 0 aliphatic carbocycles. The van der Waals surface area contributed by atoms with Crippen LogP contribution in [-0.2, 0) is 14.3 Å². The number of nitrogens with one attached hydrogen (secondary N) is 2. The van der Waals surface area contributed by atoms with E-state index in [-0.39, 0.29) is 12.5 Å². The molecule has 1 aromatic rings. The van der Waals surface area contributed by atoms with E-state index >= 15 is 0 Å². The third-order valence-corrected chi connectivity index (χ3v) is 5.66. The van der Waals surface area contributed by atoms with E-state index in [2.05, 4.69) is 23.5 Å². The van der Waals surface area contributed by atoms with E-state index in [0.717, 1.165) is 32.1 Å². The zero-order valence-electron chi connectivity index (χ0n) is 24.2. The summed E-state index contributed by atoms with van der Waals surface area (Å²) in [7, 11) is 0. The predicted molar refractivity (Wildman–Crippen MR) is 150 cm³/mol. The molecule has 212 valence electrons. The summed E-state index contributed by atoms with van der Waals surface area (Å²) < 4.78 is 5.29. The van der Waals surface area contributed by atoms with Crippen LogP contribution in [0.2, 0.25) is 0 Å². The second kappa shape index (κ2) is 15.4. The summed E-state index contributed by atoms with van der Waals surface area (Å²) >= 11 is 0. The fraction of sp³-hybridized carbons (Fsp3) is 0.633. The number of nitrogens with zero attached hydrogens (tertiary/aromatic N) is 1. The maximum atomic E-state index is 13.8. The minimum absolute atomic E-state index is 0.274. The lowest BCUT2D eigenvalue weighted by atomic mass is 9.99. The summed E-state index contributed by atoms with van der Waals surface area (Å²) in [6.45, 7) is 12.5. The number of carbonyl (C=O) groups is 3. The van der Waals surface area contributed by atoms with Crippen LogP contribution < -0.4 is 10.6 Å². The van der Waals surface area contributed by atoms with Gasteiger partial charge in [-0.3, -0.25) is 9.59 Å². The normalized spacial score (nSPS) is 13.1. The van der Waals surface area contributed by atoms with Crippen molar-refractivity contribution in [2.24, 2.45) is 0 Å². The molecule has 0 radical (unpaired) electrons. The number of hydrogen-bond acceptors (Lipinski definition) is 5. The number of carbonyl (C=O) groups excluding carboxylic acids is 3. The molecule has 38 heavy (non-hydrogen) atoms. The van der Waals surface area contributed by atoms with Crippen molar-refractivity contribution in [2.45, 2.75) is 110 Å². The fourth-order valence-electron chi connectivity index (χ4n) is 3.94. The zero-order chi connectivity index (χ0) is 28.9. The van der Waals surface area contributed by atoms with Crippen LogP contribution in [0.3, 0.4) is 0 Å². The minimum Gasteiger partial charge on any atom is -0.444 e. The van der Waals surface area contributed by atoms with Crippen LogP contribution in [-0.4, -0.2) is 58.2 Å². The van der Waals surface area contributed by atoms with Crippen LogP contribution in [0, 0.1) is 12.3 Å². The molecule has 0 heterocycles. The molecule has 3 N–H and O–H groups in total. The molecule has 0 aliphatic rings. The van der Waals surface area contributed by atoms with Crippen molar-refractivity contribution in [3.63, 3.8) is 0 Å². The molecule has 0 aromatic heterocycles. The Labute approximate surface area is 228 Å². The van der Waals surface area contributed by atoms with Crippen molar-refractivity contribution >= 4 is 17.9 Å². The van der Waals surface area contributed by atoms with Gasteiger partial charge in [-0.2, -0.15) is 0 Å². The zero-order valence-corrected chi connectivity index (χ0v) is 24.2. The molecule has 3 amide bonds. The second-order valence-electron chi connectivity index (χ2n) is 11.6. The van der Waals surface area contributed by atoms with Crippen molar-refractivity contribution in [1.29, 1.82) is 0 Å². The highest BCUT2D eigenvalue weighted by atomic mass is 16.6. The van der Waals surface area contributed by atoms with Crippen molar-refractivity contribution in [2.75, 3.05) is 13.2 Å². The number of terminal acetylenes is 1. The van der Waals surface area contributed by atoms with Gasteiger partial charge in [-0.1, -0.05) is 57.1 Å². The SMILES string of the molecule is C#Cc1ccc(C(C(=O)NC(C)(C)C)N(CCCCCCCC)C(=O)C(CO)NC(=O)OC(C)(C)C)cc1. The summed E-state index contributed by atoms with van der Waals surface area (Å²) in [5.74, 6) is 1.63. The van der Waals surface area contributed by atoms with Crippen molar-refractivity contribution in [3.05, 3.63) is 35.4 Å². The monoisotopic (exact) mass is 529 g/mol. The lowest BCUT2D eigenvalue weighted by Crippen LogP contribution is -2.55. The smallest absolute Gasteiger partial charge is 0.408 e. The van der Waals surface area contributed by atoms with E-state index in [1.807, 2.05) is 20.8 Å². The maximum Gasteiger partial charge on any atom is 0.408 e. The van der Waals surface area contributed by atoms with Gasteiger partial charge in [0.05, 0.1) is 6.61 Å². The molecule has 1 aromatic carbocycles. The summed E-state index contributed by atoms with van der Waals surface area (Å²) in [6, 6.07) is 4.65. The van der Waals surface area contributed by atoms with Gasteiger partial charge in [0, 0.05) is 17.6 Å². The first-order chi connectivity index (χ1) is 17.7. The maximum absolute atomic E-state index is 13.8. The largest absolute Gasteiger partial charge is 0.444 e. The lowest BCUT2D eigenvalue weighted by molar-refractivity contribution is -0.144. The first-order valence-corrected chi connectivity index (χ1v) is 13.5. The number of aliphatic hydroxyl groups is 1. The van der Waals surface area contributed by atoms with Crippen molar-refractivity contribution in [3.8, 4) is 12.3 Å². The number of rotatable bonds is 13. The first-order valence-electron chi connectivity index (χ1n) is 13.5. The van der Waals surface area contributed by atoms with Crippen LogP contribution in [0.1, 0.15) is 104 Å². The van der Waals surface area contributed by atoms with Gasteiger partial charge >= 0.3 is 6.09 Å². The molecule has 0 bridgehead atoms. The topological polar surface area (TPSA) is 108 Å². The molecule has 0 fully saturated rings. The molecule has 0 saturated heterocycles. The molecule has 8 nitrogen and oxygen atoms in total. The quantitative estimate of drug-likeness (QED) is 0.254. The third kappa shape index (κ3) is 12.0. The van der Waals surface area contributed by atoms with E-state index in [1.54, 1.807) is 45.0 Å². The van der Waals surface area contributed by atoms with E-state index in [0.29, 0.717) is 17.5 Å². The predicted octanol–water partition coefficient (Wildman–Crippen LogP) is 4.70. The van der Waals surface area contributed by atoms with Gasteiger partial charge in [0.1, 0.15) is 17.7 Å². The Morgan fingerprint density at radius 3 is 2.08 bits per heavy atom. The minimum atomic E-state index is -1.28. The molecule has 1 rings (SSSR count). The Bertz CT molecular complexity index is 939. The van der Waals surface area contributed by atoms with E-state index in [4.69, 9.17) is 11.2 Å². The van der Waals surface area contributed by atoms with Crippen LogP contribution >= 0.6 is 0 Å². The Morgan fingerprint density at radius 1 is 1.00 bits per heavy atom. The molecular weight excluding hydrogens is 482 g/mol. The van der Waals surface area contributed by atoms with Gasteiger partial charge < -0.3 is 25.4 Å². The number of amides is 3. The lowest BCUT2D eigenvalue weighted by Gasteiger charge is -2.35. The number of benzene rings is 1. The highest BCUT2D eigenvalue weighted by Gasteiger charge is 2.36. The average molecular weight is 530 g/mol. The number of unbranched alkanes of at least 4 members (excludes halogenated alkanes) is 5. The number of aliphatic hydroxyl groups excluding tert-OH is 1. The van der Waals surface area contributed by atoms with Gasteiger partial charge in [0.15, 0.2) is 0 Å². The van der Waals surface area contributed by atoms with Gasteiger partial charge in [-0.05, 0) is 65.7 Å². The number of ether oxygens (including phenoxy) is 1. The van der Waals surface area contributed by atoms with Gasteiger partial charge in [-0.25, -0.2) is 4.79 Å². The average Bonchev–Trinajstić information content (AvgIpc) is 2.81. The van der Waals surface area contributed by atoms with Crippen LogP contribution in [0.4, 0.5) is 4.79 Å². The van der Waals surface area contributed by atoms with E-state index in [9.17, 15) is 19.5 Å². The van der Waals surface area contributed by atoms with Gasteiger partial charge in [-0.15, -0.1) is 6.42 Å². The molecule has 2 unspecified atom stereocenters. The second-order valence-corrected chi connectivity index (χ2v) is 11.6. The molecular formula is C30H47N3O5. The molecule has 0 saturated carbocycles. The molecule has 0 aliphatic heterocycles.